The molecule has 0 atom stereocenters. The van der Waals surface area contributed by atoms with Crippen molar-refractivity contribution in [1.82, 2.24) is 5.32 Å². The number of halogens is 2. The van der Waals surface area contributed by atoms with Gasteiger partial charge in [-0.15, -0.1) is 0 Å². The lowest BCUT2D eigenvalue weighted by atomic mass is 10.2. The normalized spacial score (nSPS) is 10.6. The van der Waals surface area contributed by atoms with Crippen molar-refractivity contribution in [1.29, 1.82) is 0 Å². The van der Waals surface area contributed by atoms with Crippen molar-refractivity contribution >= 4 is 27.5 Å². The summed E-state index contributed by atoms with van der Waals surface area (Å²) in [6, 6.07) is 13.8. The lowest BCUT2D eigenvalue weighted by Gasteiger charge is -2.14. The van der Waals surface area contributed by atoms with Crippen molar-refractivity contribution in [2.75, 3.05) is 6.54 Å². The van der Waals surface area contributed by atoms with Gasteiger partial charge in [0.1, 0.15) is 12.4 Å². The van der Waals surface area contributed by atoms with Crippen LogP contribution in [-0.4, -0.2) is 6.54 Å². The maximum Gasteiger partial charge on any atom is 0.125 e. The van der Waals surface area contributed by atoms with Crippen LogP contribution in [0.2, 0.25) is 5.02 Å². The van der Waals surface area contributed by atoms with Crippen molar-refractivity contribution in [3.63, 3.8) is 0 Å². The van der Waals surface area contributed by atoms with Crippen LogP contribution in [0.15, 0.2) is 46.9 Å². The van der Waals surface area contributed by atoms with Crippen LogP contribution in [0.3, 0.4) is 0 Å². The van der Waals surface area contributed by atoms with Gasteiger partial charge in [0, 0.05) is 27.2 Å². The van der Waals surface area contributed by atoms with Gasteiger partial charge in [0.05, 0.1) is 0 Å². The summed E-state index contributed by atoms with van der Waals surface area (Å²) in [5.74, 6) is 0.835. The first-order chi connectivity index (χ1) is 10.2. The summed E-state index contributed by atoms with van der Waals surface area (Å²) in [5, 5.41) is 4.11. The average molecular weight is 369 g/mol. The molecular weight excluding hydrogens is 350 g/mol. The molecule has 2 rings (SSSR count). The lowest BCUT2D eigenvalue weighted by Crippen LogP contribution is -2.15. The molecule has 0 saturated carbocycles. The molecule has 2 aromatic carbocycles. The summed E-state index contributed by atoms with van der Waals surface area (Å²) in [5.41, 5.74) is 2.13. The molecule has 112 valence electrons. The molecule has 0 aliphatic rings. The third kappa shape index (κ3) is 4.73. The zero-order chi connectivity index (χ0) is 15.1. The van der Waals surface area contributed by atoms with E-state index in [1.165, 1.54) is 0 Å². The molecule has 0 amide bonds. The molecule has 0 fully saturated rings. The Kier molecular flexibility index (Phi) is 6.55. The fourth-order valence-electron chi connectivity index (χ4n) is 2.01. The van der Waals surface area contributed by atoms with Crippen LogP contribution in [0, 0.1) is 0 Å². The summed E-state index contributed by atoms with van der Waals surface area (Å²) in [7, 11) is 0. The number of rotatable bonds is 7. The third-order valence-corrected chi connectivity index (χ3v) is 4.27. The van der Waals surface area contributed by atoms with Crippen molar-refractivity contribution in [2.45, 2.75) is 26.5 Å². The van der Waals surface area contributed by atoms with E-state index in [9.17, 15) is 0 Å². The maximum absolute atomic E-state index is 6.29. The van der Waals surface area contributed by atoms with Crippen LogP contribution < -0.4 is 10.1 Å². The molecular formula is C17H19BrClNO. The second-order valence-corrected chi connectivity index (χ2v) is 6.03. The second kappa shape index (κ2) is 8.42. The highest BCUT2D eigenvalue weighted by Gasteiger charge is 2.09. The standard InChI is InChI=1S/C17H19BrClNO/c1-2-10-20-11-14-16(19)8-5-9-17(14)21-12-13-6-3-4-7-15(13)18/h3-9,20H,2,10-12H2,1H3. The Morgan fingerprint density at radius 1 is 1.14 bits per heavy atom. The summed E-state index contributed by atoms with van der Waals surface area (Å²) < 4.78 is 7.01. The number of benzene rings is 2. The van der Waals surface area contributed by atoms with Gasteiger partial charge in [0.15, 0.2) is 0 Å². The molecule has 0 heterocycles. The first-order valence-electron chi connectivity index (χ1n) is 7.06. The minimum atomic E-state index is 0.516. The van der Waals surface area contributed by atoms with Gasteiger partial charge in [-0.25, -0.2) is 0 Å². The molecule has 2 nitrogen and oxygen atoms in total. The van der Waals surface area contributed by atoms with Crippen molar-refractivity contribution in [2.24, 2.45) is 0 Å². The molecule has 0 spiro atoms. The molecule has 0 aliphatic heterocycles. The first kappa shape index (κ1) is 16.3. The van der Waals surface area contributed by atoms with Crippen LogP contribution in [-0.2, 0) is 13.2 Å². The van der Waals surface area contributed by atoms with Crippen LogP contribution in [0.4, 0.5) is 0 Å². The summed E-state index contributed by atoms with van der Waals surface area (Å²) in [4.78, 5) is 0. The van der Waals surface area contributed by atoms with Crippen LogP contribution >= 0.6 is 27.5 Å². The third-order valence-electron chi connectivity index (χ3n) is 3.15. The monoisotopic (exact) mass is 367 g/mol. The minimum Gasteiger partial charge on any atom is -0.488 e. The fourth-order valence-corrected chi connectivity index (χ4v) is 2.64. The summed E-state index contributed by atoms with van der Waals surface area (Å²) >= 11 is 9.83. The SMILES string of the molecule is CCCNCc1c(Cl)cccc1OCc1ccccc1Br. The average Bonchev–Trinajstić information content (AvgIpc) is 2.49. The van der Waals surface area contributed by atoms with Gasteiger partial charge in [-0.05, 0) is 31.2 Å². The van der Waals surface area contributed by atoms with E-state index in [-0.39, 0.29) is 0 Å². The highest BCUT2D eigenvalue weighted by Crippen LogP contribution is 2.28. The predicted molar refractivity (Wildman–Crippen MR) is 91.9 cm³/mol. The topological polar surface area (TPSA) is 21.3 Å². The molecule has 0 aliphatic carbocycles. The molecule has 21 heavy (non-hydrogen) atoms. The van der Waals surface area contributed by atoms with Gasteiger partial charge in [-0.2, -0.15) is 0 Å². The van der Waals surface area contributed by atoms with Gasteiger partial charge in [0.25, 0.3) is 0 Å². The molecule has 1 N–H and O–H groups in total. The van der Waals surface area contributed by atoms with Crippen LogP contribution in [0.1, 0.15) is 24.5 Å². The number of hydrogen-bond acceptors (Lipinski definition) is 2. The first-order valence-corrected chi connectivity index (χ1v) is 8.23. The van der Waals surface area contributed by atoms with E-state index >= 15 is 0 Å². The molecule has 0 aromatic heterocycles. The molecule has 4 heteroatoms. The maximum atomic E-state index is 6.29. The van der Waals surface area contributed by atoms with E-state index in [1.807, 2.05) is 42.5 Å². The Morgan fingerprint density at radius 3 is 2.71 bits per heavy atom. The molecule has 0 saturated heterocycles. The van der Waals surface area contributed by atoms with E-state index in [0.717, 1.165) is 45.9 Å². The summed E-state index contributed by atoms with van der Waals surface area (Å²) in [6.07, 6.45) is 1.09. The van der Waals surface area contributed by atoms with E-state index in [0.29, 0.717) is 6.61 Å². The Balaban J connectivity index is 2.09. The van der Waals surface area contributed by atoms with Crippen molar-refractivity contribution in [3.8, 4) is 5.75 Å². The Hall–Kier alpha value is -1.03. The Bertz CT molecular complexity index is 589. The predicted octanol–water partition coefficient (Wildman–Crippen LogP) is 5.18. The van der Waals surface area contributed by atoms with E-state index in [2.05, 4.69) is 28.2 Å². The zero-order valence-electron chi connectivity index (χ0n) is 12.0. The van der Waals surface area contributed by atoms with Gasteiger partial charge in [0.2, 0.25) is 0 Å². The Morgan fingerprint density at radius 2 is 1.95 bits per heavy atom. The molecule has 0 bridgehead atoms. The van der Waals surface area contributed by atoms with E-state index in [4.69, 9.17) is 16.3 Å². The second-order valence-electron chi connectivity index (χ2n) is 4.77. The fraction of sp³-hybridized carbons (Fsp3) is 0.294. The van der Waals surface area contributed by atoms with Crippen molar-refractivity contribution < 1.29 is 4.74 Å². The van der Waals surface area contributed by atoms with Gasteiger partial charge in [-0.3, -0.25) is 0 Å². The molecule has 2 aromatic rings. The largest absolute Gasteiger partial charge is 0.488 e. The minimum absolute atomic E-state index is 0.516. The lowest BCUT2D eigenvalue weighted by molar-refractivity contribution is 0.301. The van der Waals surface area contributed by atoms with Crippen LogP contribution in [0.5, 0.6) is 5.75 Å². The summed E-state index contributed by atoms with van der Waals surface area (Å²) in [6.45, 7) is 4.35. The van der Waals surface area contributed by atoms with Gasteiger partial charge < -0.3 is 10.1 Å². The smallest absolute Gasteiger partial charge is 0.125 e. The Labute approximate surface area is 139 Å². The molecule has 0 radical (unpaired) electrons. The zero-order valence-corrected chi connectivity index (χ0v) is 14.4. The highest BCUT2D eigenvalue weighted by molar-refractivity contribution is 9.10. The van der Waals surface area contributed by atoms with E-state index < -0.39 is 0 Å². The van der Waals surface area contributed by atoms with Crippen molar-refractivity contribution in [3.05, 3.63) is 63.1 Å². The van der Waals surface area contributed by atoms with Crippen LogP contribution in [0.25, 0.3) is 0 Å². The van der Waals surface area contributed by atoms with Gasteiger partial charge >= 0.3 is 0 Å². The quantitative estimate of drug-likeness (QED) is 0.680. The molecule has 0 unspecified atom stereocenters. The number of hydrogen-bond donors (Lipinski definition) is 1. The highest BCUT2D eigenvalue weighted by atomic mass is 79.9. The number of nitrogens with one attached hydrogen (secondary N) is 1. The van der Waals surface area contributed by atoms with Gasteiger partial charge in [-0.1, -0.05) is 58.7 Å². The van der Waals surface area contributed by atoms with E-state index in [1.54, 1.807) is 0 Å². The number of ether oxygens (including phenoxy) is 1.